The number of methoxy groups -OCH3 is 1. The van der Waals surface area contributed by atoms with Crippen molar-refractivity contribution in [3.63, 3.8) is 0 Å². The van der Waals surface area contributed by atoms with Gasteiger partial charge in [0, 0.05) is 13.0 Å². The molecular formula is C16H18N2O5. The van der Waals surface area contributed by atoms with Crippen LogP contribution in [0.5, 0.6) is 11.5 Å². The maximum Gasteiger partial charge on any atom is 0.259 e. The molecule has 1 atom stereocenters. The van der Waals surface area contributed by atoms with Crippen molar-refractivity contribution in [1.82, 2.24) is 10.2 Å². The lowest BCUT2D eigenvalue weighted by Crippen LogP contribution is -2.52. The van der Waals surface area contributed by atoms with Gasteiger partial charge >= 0.3 is 0 Å². The number of amides is 3. The highest BCUT2D eigenvalue weighted by Crippen LogP contribution is 2.39. The fourth-order valence-corrected chi connectivity index (χ4v) is 3.05. The van der Waals surface area contributed by atoms with Crippen molar-refractivity contribution in [3.8, 4) is 11.5 Å². The molecule has 23 heavy (non-hydrogen) atoms. The van der Waals surface area contributed by atoms with Crippen LogP contribution in [0.4, 0.5) is 0 Å². The van der Waals surface area contributed by atoms with Crippen molar-refractivity contribution in [3.05, 3.63) is 23.3 Å². The van der Waals surface area contributed by atoms with Crippen LogP contribution in [0.1, 0.15) is 35.7 Å². The number of imide groups is 1. The lowest BCUT2D eigenvalue weighted by molar-refractivity contribution is -0.136. The summed E-state index contributed by atoms with van der Waals surface area (Å²) in [5, 5.41) is 2.29. The van der Waals surface area contributed by atoms with Crippen molar-refractivity contribution >= 4 is 17.7 Å². The summed E-state index contributed by atoms with van der Waals surface area (Å²) in [6.45, 7) is 2.55. The van der Waals surface area contributed by atoms with Crippen molar-refractivity contribution in [2.75, 3.05) is 13.7 Å². The Balaban J connectivity index is 1.94. The van der Waals surface area contributed by atoms with Crippen LogP contribution in [-0.4, -0.2) is 42.4 Å². The third kappa shape index (κ3) is 2.52. The maximum atomic E-state index is 12.8. The Morgan fingerprint density at radius 3 is 2.74 bits per heavy atom. The number of piperidine rings is 1. The molecule has 1 aromatic carbocycles. The highest BCUT2D eigenvalue weighted by Gasteiger charge is 2.41. The number of benzene rings is 1. The van der Waals surface area contributed by atoms with E-state index in [1.54, 1.807) is 12.1 Å². The largest absolute Gasteiger partial charge is 0.493 e. The van der Waals surface area contributed by atoms with E-state index in [-0.39, 0.29) is 18.2 Å². The minimum absolute atomic E-state index is 0.234. The number of ether oxygens (including phenoxy) is 2. The summed E-state index contributed by atoms with van der Waals surface area (Å²) in [6.07, 6.45) is 0.573. The van der Waals surface area contributed by atoms with Crippen molar-refractivity contribution in [1.29, 1.82) is 0 Å². The molecule has 0 saturated carbocycles. The highest BCUT2D eigenvalue weighted by molar-refractivity contribution is 6.06. The molecule has 0 radical (unpaired) electrons. The van der Waals surface area contributed by atoms with E-state index in [1.807, 2.05) is 6.92 Å². The number of carbonyl (C=O) groups is 3. The van der Waals surface area contributed by atoms with Gasteiger partial charge < -0.3 is 14.4 Å². The lowest BCUT2D eigenvalue weighted by Gasteiger charge is -2.29. The van der Waals surface area contributed by atoms with Crippen LogP contribution in [0, 0.1) is 0 Å². The molecule has 1 saturated heterocycles. The zero-order valence-corrected chi connectivity index (χ0v) is 13.0. The Labute approximate surface area is 133 Å². The average molecular weight is 318 g/mol. The maximum absolute atomic E-state index is 12.8. The predicted octanol–water partition coefficient (Wildman–Crippen LogP) is 0.855. The Kier molecular flexibility index (Phi) is 3.94. The Hall–Kier alpha value is -2.57. The molecule has 1 N–H and O–H groups in total. The zero-order valence-electron chi connectivity index (χ0n) is 13.0. The molecule has 7 heteroatoms. The quantitative estimate of drug-likeness (QED) is 0.832. The first-order valence-corrected chi connectivity index (χ1v) is 7.54. The van der Waals surface area contributed by atoms with E-state index in [0.717, 1.165) is 5.56 Å². The summed E-state index contributed by atoms with van der Waals surface area (Å²) in [5.41, 5.74) is 1.24. The third-order valence-electron chi connectivity index (χ3n) is 4.12. The van der Waals surface area contributed by atoms with Crippen LogP contribution in [0.2, 0.25) is 0 Å². The lowest BCUT2D eigenvalue weighted by atomic mass is 10.0. The van der Waals surface area contributed by atoms with Crippen LogP contribution in [0.15, 0.2) is 12.1 Å². The van der Waals surface area contributed by atoms with Gasteiger partial charge in [0.1, 0.15) is 6.04 Å². The molecule has 1 unspecified atom stereocenters. The fourth-order valence-electron chi connectivity index (χ4n) is 3.05. The van der Waals surface area contributed by atoms with E-state index in [9.17, 15) is 14.4 Å². The molecule has 1 aromatic rings. The highest BCUT2D eigenvalue weighted by atomic mass is 16.5. The number of hydrogen-bond donors (Lipinski definition) is 1. The second kappa shape index (κ2) is 5.91. The Bertz CT molecular complexity index is 685. The Morgan fingerprint density at radius 2 is 2.09 bits per heavy atom. The molecule has 2 heterocycles. The zero-order chi connectivity index (χ0) is 16.6. The van der Waals surface area contributed by atoms with E-state index in [0.29, 0.717) is 36.6 Å². The van der Waals surface area contributed by atoms with Gasteiger partial charge in [0.15, 0.2) is 11.5 Å². The number of carbonyl (C=O) groups excluding carboxylic acids is 3. The average Bonchev–Trinajstić information content (AvgIpc) is 2.85. The summed E-state index contributed by atoms with van der Waals surface area (Å²) in [5.74, 6) is -0.0902. The van der Waals surface area contributed by atoms with Gasteiger partial charge in [-0.3, -0.25) is 19.7 Å². The molecule has 2 aliphatic heterocycles. The number of hydrogen-bond acceptors (Lipinski definition) is 5. The molecule has 0 bridgehead atoms. The second-order valence-electron chi connectivity index (χ2n) is 5.46. The standard InChI is InChI=1S/C16H18N2O5/c1-3-23-14-11(22-2)6-4-9-8-18(16(21)13(9)14)10-5-7-12(19)17-15(10)20/h4,6,10H,3,5,7-8H2,1-2H3,(H,17,19,20). The molecule has 7 nitrogen and oxygen atoms in total. The van der Waals surface area contributed by atoms with Crippen LogP contribution < -0.4 is 14.8 Å². The predicted molar refractivity (Wildman–Crippen MR) is 80.2 cm³/mol. The van der Waals surface area contributed by atoms with E-state index in [2.05, 4.69) is 5.32 Å². The molecule has 122 valence electrons. The van der Waals surface area contributed by atoms with Crippen molar-refractivity contribution < 1.29 is 23.9 Å². The molecule has 2 aliphatic rings. The van der Waals surface area contributed by atoms with Crippen molar-refractivity contribution in [2.24, 2.45) is 0 Å². The summed E-state index contributed by atoms with van der Waals surface area (Å²) < 4.78 is 10.9. The van der Waals surface area contributed by atoms with E-state index >= 15 is 0 Å². The molecule has 3 amide bonds. The van der Waals surface area contributed by atoms with Crippen molar-refractivity contribution in [2.45, 2.75) is 32.4 Å². The normalized spacial score (nSPS) is 20.3. The number of nitrogens with one attached hydrogen (secondary N) is 1. The smallest absolute Gasteiger partial charge is 0.259 e. The topological polar surface area (TPSA) is 84.9 Å². The van der Waals surface area contributed by atoms with Gasteiger partial charge in [0.2, 0.25) is 11.8 Å². The molecule has 3 rings (SSSR count). The summed E-state index contributed by atoms with van der Waals surface area (Å²) >= 11 is 0. The molecule has 1 fully saturated rings. The van der Waals surface area contributed by atoms with Crippen LogP contribution in [0.3, 0.4) is 0 Å². The summed E-state index contributed by atoms with van der Waals surface area (Å²) in [7, 11) is 1.52. The Morgan fingerprint density at radius 1 is 1.30 bits per heavy atom. The summed E-state index contributed by atoms with van der Waals surface area (Å²) in [4.78, 5) is 37.6. The van der Waals surface area contributed by atoms with E-state index < -0.39 is 11.9 Å². The van der Waals surface area contributed by atoms with E-state index in [4.69, 9.17) is 9.47 Å². The van der Waals surface area contributed by atoms with Crippen LogP contribution >= 0.6 is 0 Å². The molecule has 0 aromatic heterocycles. The van der Waals surface area contributed by atoms with Gasteiger partial charge in [0.25, 0.3) is 5.91 Å². The minimum Gasteiger partial charge on any atom is -0.493 e. The fraction of sp³-hybridized carbons (Fsp3) is 0.438. The monoisotopic (exact) mass is 318 g/mol. The number of nitrogens with zero attached hydrogens (tertiary/aromatic N) is 1. The van der Waals surface area contributed by atoms with Gasteiger partial charge in [-0.25, -0.2) is 0 Å². The summed E-state index contributed by atoms with van der Waals surface area (Å²) in [6, 6.07) is 2.93. The molecule has 0 spiro atoms. The third-order valence-corrected chi connectivity index (χ3v) is 4.12. The van der Waals surface area contributed by atoms with Gasteiger partial charge in [-0.1, -0.05) is 6.07 Å². The van der Waals surface area contributed by atoms with Crippen LogP contribution in [-0.2, 0) is 16.1 Å². The first-order chi connectivity index (χ1) is 11.1. The first kappa shape index (κ1) is 15.3. The number of rotatable bonds is 4. The molecular weight excluding hydrogens is 300 g/mol. The van der Waals surface area contributed by atoms with E-state index in [1.165, 1.54) is 12.0 Å². The molecule has 0 aliphatic carbocycles. The SMILES string of the molecule is CCOc1c(OC)ccc2c1C(=O)N(C1CCC(=O)NC1=O)C2. The second-order valence-corrected chi connectivity index (χ2v) is 5.46. The number of fused-ring (bicyclic) bond motifs is 1. The van der Waals surface area contributed by atoms with Gasteiger partial charge in [-0.15, -0.1) is 0 Å². The van der Waals surface area contributed by atoms with Gasteiger partial charge in [0.05, 0.1) is 19.3 Å². The van der Waals surface area contributed by atoms with Gasteiger partial charge in [-0.05, 0) is 25.0 Å². The van der Waals surface area contributed by atoms with Crippen LogP contribution in [0.25, 0.3) is 0 Å². The first-order valence-electron chi connectivity index (χ1n) is 7.54. The van der Waals surface area contributed by atoms with Gasteiger partial charge in [-0.2, -0.15) is 0 Å². The minimum atomic E-state index is -0.631.